The van der Waals surface area contributed by atoms with Crippen LogP contribution in [0.25, 0.3) is 0 Å². The third-order valence-electron chi connectivity index (χ3n) is 3.01. The maximum absolute atomic E-state index is 4.18. The molecule has 0 amide bonds. The van der Waals surface area contributed by atoms with Crippen LogP contribution in [0.3, 0.4) is 0 Å². The molecule has 0 unspecified atom stereocenters. The molecule has 0 aliphatic heterocycles. The van der Waals surface area contributed by atoms with Crippen LogP contribution in [0, 0.1) is 6.92 Å². The number of hydrogen-bond donors (Lipinski definition) is 1. The summed E-state index contributed by atoms with van der Waals surface area (Å²) in [7, 11) is 0. The van der Waals surface area contributed by atoms with E-state index < -0.39 is 0 Å². The molecule has 1 saturated carbocycles. The van der Waals surface area contributed by atoms with E-state index >= 15 is 0 Å². The van der Waals surface area contributed by atoms with Crippen LogP contribution in [-0.2, 0) is 13.1 Å². The van der Waals surface area contributed by atoms with Gasteiger partial charge in [-0.25, -0.2) is 4.68 Å². The molecule has 1 aliphatic rings. The first-order valence-corrected chi connectivity index (χ1v) is 6.32. The normalized spacial score (nSPS) is 14.9. The van der Waals surface area contributed by atoms with Crippen molar-refractivity contribution >= 4 is 0 Å². The average molecular weight is 243 g/mol. The zero-order valence-corrected chi connectivity index (χ0v) is 10.5. The van der Waals surface area contributed by atoms with E-state index in [0.29, 0.717) is 6.04 Å². The monoisotopic (exact) mass is 243 g/mol. The number of rotatable bonds is 5. The van der Waals surface area contributed by atoms with Gasteiger partial charge in [-0.05, 0) is 30.9 Å². The lowest BCUT2D eigenvalue weighted by Crippen LogP contribution is -2.15. The van der Waals surface area contributed by atoms with E-state index in [1.807, 2.05) is 30.2 Å². The Kier molecular flexibility index (Phi) is 3.06. The summed E-state index contributed by atoms with van der Waals surface area (Å²) in [5.74, 6) is 0. The van der Waals surface area contributed by atoms with E-state index in [1.165, 1.54) is 18.4 Å². The molecule has 2 aromatic heterocycles. The van der Waals surface area contributed by atoms with Crippen LogP contribution in [0.1, 0.15) is 29.7 Å². The van der Waals surface area contributed by atoms with Gasteiger partial charge in [0, 0.05) is 25.0 Å². The molecule has 3 rings (SSSR count). The highest BCUT2D eigenvalue weighted by Gasteiger charge is 2.20. The minimum Gasteiger partial charge on any atom is -0.308 e. The van der Waals surface area contributed by atoms with Crippen molar-refractivity contribution in [2.75, 3.05) is 0 Å². The van der Waals surface area contributed by atoms with Crippen molar-refractivity contribution in [1.29, 1.82) is 0 Å². The molecule has 1 aliphatic carbocycles. The predicted octanol–water partition coefficient (Wildman–Crippen LogP) is 1.28. The molecule has 5 nitrogen and oxygen atoms in total. The maximum Gasteiger partial charge on any atom is 0.0965 e. The van der Waals surface area contributed by atoms with Gasteiger partial charge < -0.3 is 5.32 Å². The van der Waals surface area contributed by atoms with Crippen LogP contribution in [-0.4, -0.2) is 26.0 Å². The Morgan fingerprint density at radius 3 is 3.06 bits per heavy atom. The third kappa shape index (κ3) is 2.92. The van der Waals surface area contributed by atoms with Crippen LogP contribution in [0.2, 0.25) is 0 Å². The lowest BCUT2D eigenvalue weighted by Gasteiger charge is -2.01. The molecular formula is C13H17N5. The number of nitrogens with one attached hydrogen (secondary N) is 1. The Labute approximate surface area is 106 Å². The smallest absolute Gasteiger partial charge is 0.0965 e. The van der Waals surface area contributed by atoms with Gasteiger partial charge in [-0.1, -0.05) is 11.3 Å². The van der Waals surface area contributed by atoms with Crippen LogP contribution in [0.4, 0.5) is 0 Å². The van der Waals surface area contributed by atoms with Crippen molar-refractivity contribution < 1.29 is 0 Å². The maximum atomic E-state index is 4.18. The molecule has 2 aromatic rings. The summed E-state index contributed by atoms with van der Waals surface area (Å²) in [5.41, 5.74) is 3.33. The van der Waals surface area contributed by atoms with Crippen LogP contribution in [0.15, 0.2) is 24.7 Å². The fourth-order valence-electron chi connectivity index (χ4n) is 1.92. The summed E-state index contributed by atoms with van der Waals surface area (Å²) >= 11 is 0. The van der Waals surface area contributed by atoms with Crippen molar-refractivity contribution in [3.63, 3.8) is 0 Å². The Morgan fingerprint density at radius 2 is 2.28 bits per heavy atom. The standard InChI is InChI=1S/C13H17N5/c1-10-4-11(6-14-5-10)8-18-9-13(16-17-18)7-15-12-2-3-12/h4-6,9,12,15H,2-3,7-8H2,1H3. The molecule has 0 aromatic carbocycles. The van der Waals surface area contributed by atoms with E-state index in [2.05, 4.69) is 26.7 Å². The highest BCUT2D eigenvalue weighted by atomic mass is 15.4. The Bertz CT molecular complexity index is 530. The lowest BCUT2D eigenvalue weighted by molar-refractivity contribution is 0.644. The second kappa shape index (κ2) is 4.86. The van der Waals surface area contributed by atoms with E-state index in [1.54, 1.807) is 0 Å². The van der Waals surface area contributed by atoms with Crippen molar-refractivity contribution in [2.24, 2.45) is 0 Å². The molecule has 0 spiro atoms. The van der Waals surface area contributed by atoms with Gasteiger partial charge in [0.1, 0.15) is 0 Å². The molecule has 18 heavy (non-hydrogen) atoms. The fraction of sp³-hybridized carbons (Fsp3) is 0.462. The zero-order valence-electron chi connectivity index (χ0n) is 10.5. The zero-order chi connectivity index (χ0) is 12.4. The average Bonchev–Trinajstić information content (AvgIpc) is 3.08. The van der Waals surface area contributed by atoms with Gasteiger partial charge in [0.2, 0.25) is 0 Å². The second-order valence-electron chi connectivity index (χ2n) is 4.93. The fourth-order valence-corrected chi connectivity index (χ4v) is 1.92. The van der Waals surface area contributed by atoms with Gasteiger partial charge >= 0.3 is 0 Å². The minimum atomic E-state index is 0.705. The van der Waals surface area contributed by atoms with E-state index in [4.69, 9.17) is 0 Å². The molecular weight excluding hydrogens is 226 g/mol. The molecule has 94 valence electrons. The summed E-state index contributed by atoms with van der Waals surface area (Å²) in [6.45, 7) is 3.59. The molecule has 0 saturated heterocycles. The van der Waals surface area contributed by atoms with Gasteiger partial charge in [0.15, 0.2) is 0 Å². The predicted molar refractivity (Wildman–Crippen MR) is 68.0 cm³/mol. The molecule has 0 radical (unpaired) electrons. The number of aryl methyl sites for hydroxylation is 1. The summed E-state index contributed by atoms with van der Waals surface area (Å²) in [5, 5.41) is 11.7. The first-order chi connectivity index (χ1) is 8.79. The minimum absolute atomic E-state index is 0.705. The van der Waals surface area contributed by atoms with Gasteiger partial charge in [0.25, 0.3) is 0 Å². The van der Waals surface area contributed by atoms with Crippen molar-refractivity contribution in [1.82, 2.24) is 25.3 Å². The summed E-state index contributed by atoms with van der Waals surface area (Å²) < 4.78 is 1.86. The van der Waals surface area contributed by atoms with Crippen LogP contribution < -0.4 is 5.32 Å². The molecule has 2 heterocycles. The van der Waals surface area contributed by atoms with Crippen molar-refractivity contribution in [3.8, 4) is 0 Å². The summed E-state index contributed by atoms with van der Waals surface area (Å²) in [6.07, 6.45) is 8.32. The number of pyridine rings is 1. The first kappa shape index (κ1) is 11.3. The van der Waals surface area contributed by atoms with E-state index in [9.17, 15) is 0 Å². The third-order valence-corrected chi connectivity index (χ3v) is 3.01. The molecule has 1 N–H and O–H groups in total. The Hall–Kier alpha value is -1.75. The number of hydrogen-bond acceptors (Lipinski definition) is 4. The summed E-state index contributed by atoms with van der Waals surface area (Å²) in [4.78, 5) is 4.18. The molecule has 0 atom stereocenters. The molecule has 1 fully saturated rings. The van der Waals surface area contributed by atoms with Gasteiger partial charge in [-0.2, -0.15) is 0 Å². The quantitative estimate of drug-likeness (QED) is 0.859. The Morgan fingerprint density at radius 1 is 1.39 bits per heavy atom. The lowest BCUT2D eigenvalue weighted by atomic mass is 10.2. The number of nitrogens with zero attached hydrogens (tertiary/aromatic N) is 4. The molecule has 0 bridgehead atoms. The molecule has 5 heteroatoms. The first-order valence-electron chi connectivity index (χ1n) is 6.32. The van der Waals surface area contributed by atoms with Crippen molar-refractivity contribution in [3.05, 3.63) is 41.5 Å². The largest absolute Gasteiger partial charge is 0.308 e. The summed E-state index contributed by atoms with van der Waals surface area (Å²) in [6, 6.07) is 2.83. The van der Waals surface area contributed by atoms with Crippen LogP contribution in [0.5, 0.6) is 0 Å². The SMILES string of the molecule is Cc1cncc(Cn2cc(CNC3CC3)nn2)c1. The van der Waals surface area contributed by atoms with Gasteiger partial charge in [-0.15, -0.1) is 5.10 Å². The second-order valence-corrected chi connectivity index (χ2v) is 4.93. The highest BCUT2D eigenvalue weighted by Crippen LogP contribution is 2.18. The van der Waals surface area contributed by atoms with Crippen LogP contribution >= 0.6 is 0 Å². The number of aromatic nitrogens is 4. The van der Waals surface area contributed by atoms with Crippen molar-refractivity contribution in [2.45, 2.75) is 38.9 Å². The Balaban J connectivity index is 1.61. The topological polar surface area (TPSA) is 55.6 Å². The van der Waals surface area contributed by atoms with E-state index in [0.717, 1.165) is 24.3 Å². The van der Waals surface area contributed by atoms with Gasteiger partial charge in [-0.3, -0.25) is 4.98 Å². The van der Waals surface area contributed by atoms with E-state index in [-0.39, 0.29) is 0 Å². The van der Waals surface area contributed by atoms with Gasteiger partial charge in [0.05, 0.1) is 18.4 Å². The highest BCUT2D eigenvalue weighted by molar-refractivity contribution is 5.16.